The predicted octanol–water partition coefficient (Wildman–Crippen LogP) is 1.87. The maximum atomic E-state index is 12.9. The summed E-state index contributed by atoms with van der Waals surface area (Å²) < 4.78 is 44.3. The van der Waals surface area contributed by atoms with Crippen molar-refractivity contribution in [3.8, 4) is 0 Å². The van der Waals surface area contributed by atoms with E-state index in [4.69, 9.17) is 4.74 Å². The number of halogens is 1. The number of rotatable bonds is 7. The van der Waals surface area contributed by atoms with Gasteiger partial charge in [-0.1, -0.05) is 25.7 Å². The third-order valence-corrected chi connectivity index (χ3v) is 5.93. The molecule has 27 heavy (non-hydrogen) atoms. The number of carbonyl (C=O) groups is 2. The van der Waals surface area contributed by atoms with Crippen molar-refractivity contribution in [2.45, 2.75) is 62.4 Å². The Kier molecular flexibility index (Phi) is 7.73. The molecule has 150 valence electrons. The van der Waals surface area contributed by atoms with Gasteiger partial charge >= 0.3 is 5.97 Å². The zero-order valence-electron chi connectivity index (χ0n) is 15.2. The number of hydrogen-bond acceptors (Lipinski definition) is 5. The summed E-state index contributed by atoms with van der Waals surface area (Å²) >= 11 is 0. The molecule has 0 aromatic heterocycles. The molecule has 1 amide bonds. The largest absolute Gasteiger partial charge is 0.454 e. The van der Waals surface area contributed by atoms with Crippen molar-refractivity contribution in [3.63, 3.8) is 0 Å². The van der Waals surface area contributed by atoms with Crippen LogP contribution in [0.3, 0.4) is 0 Å². The molecule has 2 rings (SSSR count). The van der Waals surface area contributed by atoms with Crippen LogP contribution >= 0.6 is 0 Å². The molecule has 1 aromatic rings. The first kappa shape index (κ1) is 21.3. The molecule has 1 aromatic carbocycles. The van der Waals surface area contributed by atoms with Crippen LogP contribution in [0.1, 0.15) is 45.4 Å². The summed E-state index contributed by atoms with van der Waals surface area (Å²) in [6.45, 7) is 0.852. The van der Waals surface area contributed by atoms with E-state index in [0.717, 1.165) is 62.8 Å². The Bertz CT molecular complexity index is 744. The van der Waals surface area contributed by atoms with Gasteiger partial charge in [0.15, 0.2) is 6.61 Å². The van der Waals surface area contributed by atoms with E-state index in [1.54, 1.807) is 0 Å². The van der Waals surface area contributed by atoms with Crippen LogP contribution < -0.4 is 10.0 Å². The van der Waals surface area contributed by atoms with Crippen LogP contribution in [0, 0.1) is 5.82 Å². The molecular formula is C18H25FN2O5S. The van der Waals surface area contributed by atoms with Gasteiger partial charge in [-0.25, -0.2) is 12.8 Å². The van der Waals surface area contributed by atoms with Crippen molar-refractivity contribution < 1.29 is 27.1 Å². The molecule has 0 unspecified atom stereocenters. The van der Waals surface area contributed by atoms with E-state index in [1.165, 1.54) is 6.92 Å². The molecule has 0 saturated heterocycles. The molecule has 1 aliphatic rings. The second-order valence-corrected chi connectivity index (χ2v) is 8.37. The average molecular weight is 400 g/mol. The highest BCUT2D eigenvalue weighted by Gasteiger charge is 2.24. The zero-order chi connectivity index (χ0) is 19.9. The van der Waals surface area contributed by atoms with E-state index in [9.17, 15) is 22.4 Å². The first-order valence-electron chi connectivity index (χ1n) is 9.02. The Morgan fingerprint density at radius 1 is 1.15 bits per heavy atom. The lowest BCUT2D eigenvalue weighted by atomic mass is 10.1. The minimum absolute atomic E-state index is 0.0908. The molecule has 1 aliphatic carbocycles. The number of hydrogen-bond donors (Lipinski definition) is 2. The third-order valence-electron chi connectivity index (χ3n) is 4.38. The molecule has 0 spiro atoms. The van der Waals surface area contributed by atoms with Crippen molar-refractivity contribution in [1.29, 1.82) is 0 Å². The number of amides is 1. The van der Waals surface area contributed by atoms with E-state index in [-0.39, 0.29) is 10.9 Å². The average Bonchev–Trinajstić information content (AvgIpc) is 2.88. The van der Waals surface area contributed by atoms with E-state index in [2.05, 4.69) is 10.0 Å². The molecule has 0 bridgehead atoms. The summed E-state index contributed by atoms with van der Waals surface area (Å²) in [6, 6.07) is 3.11. The number of carbonyl (C=O) groups excluding carboxylic acids is 2. The van der Waals surface area contributed by atoms with E-state index in [0.29, 0.717) is 0 Å². The van der Waals surface area contributed by atoms with Crippen LogP contribution in [0.25, 0.3) is 0 Å². The van der Waals surface area contributed by atoms with Crippen molar-refractivity contribution in [3.05, 3.63) is 30.1 Å². The molecular weight excluding hydrogens is 375 g/mol. The minimum Gasteiger partial charge on any atom is -0.454 e. The maximum absolute atomic E-state index is 12.9. The van der Waals surface area contributed by atoms with Crippen LogP contribution in [0.2, 0.25) is 0 Å². The maximum Gasteiger partial charge on any atom is 0.324 e. The summed E-state index contributed by atoms with van der Waals surface area (Å²) in [7, 11) is -4.00. The molecule has 7 nitrogen and oxygen atoms in total. The first-order valence-corrected chi connectivity index (χ1v) is 10.5. The van der Waals surface area contributed by atoms with Crippen molar-refractivity contribution >= 4 is 21.9 Å². The van der Waals surface area contributed by atoms with Crippen LogP contribution in [0.5, 0.6) is 0 Å². The van der Waals surface area contributed by atoms with Crippen LogP contribution in [0.4, 0.5) is 4.39 Å². The van der Waals surface area contributed by atoms with E-state index in [1.807, 2.05) is 0 Å². The molecule has 0 aliphatic heterocycles. The first-order chi connectivity index (χ1) is 12.8. The summed E-state index contributed by atoms with van der Waals surface area (Å²) in [5.41, 5.74) is 0. The van der Waals surface area contributed by atoms with E-state index >= 15 is 0 Å². The highest BCUT2D eigenvalue weighted by atomic mass is 32.2. The van der Waals surface area contributed by atoms with Gasteiger partial charge in [0.05, 0.1) is 4.90 Å². The Hall–Kier alpha value is -2.00. The summed E-state index contributed by atoms with van der Waals surface area (Å²) in [5, 5.41) is 2.84. The Labute approximate surface area is 158 Å². The van der Waals surface area contributed by atoms with Gasteiger partial charge in [-0.2, -0.15) is 4.72 Å². The van der Waals surface area contributed by atoms with Crippen molar-refractivity contribution in [1.82, 2.24) is 10.0 Å². The third kappa shape index (κ3) is 6.91. The number of sulfonamides is 1. The number of benzene rings is 1. The van der Waals surface area contributed by atoms with Crippen molar-refractivity contribution in [2.75, 3.05) is 6.61 Å². The SMILES string of the molecule is C[C@H](NS(=O)(=O)c1ccc(F)cc1)C(=O)OCC(=O)NC1CCCCCC1. The van der Waals surface area contributed by atoms with Crippen LogP contribution in [-0.4, -0.2) is 39.0 Å². The molecule has 0 heterocycles. The van der Waals surface area contributed by atoms with Gasteiger partial charge in [-0.05, 0) is 44.0 Å². The number of ether oxygens (including phenoxy) is 1. The summed E-state index contributed by atoms with van der Waals surface area (Å²) in [6.07, 6.45) is 6.27. The Morgan fingerprint density at radius 3 is 2.33 bits per heavy atom. The highest BCUT2D eigenvalue weighted by Crippen LogP contribution is 2.17. The fraction of sp³-hybridized carbons (Fsp3) is 0.556. The lowest BCUT2D eigenvalue weighted by Gasteiger charge is -2.17. The smallest absolute Gasteiger partial charge is 0.324 e. The highest BCUT2D eigenvalue weighted by molar-refractivity contribution is 7.89. The molecule has 2 N–H and O–H groups in total. The molecule has 0 radical (unpaired) electrons. The van der Waals surface area contributed by atoms with Gasteiger partial charge in [0.2, 0.25) is 10.0 Å². The lowest BCUT2D eigenvalue weighted by Crippen LogP contribution is -2.42. The van der Waals surface area contributed by atoms with Gasteiger partial charge in [-0.3, -0.25) is 9.59 Å². The molecule has 1 fully saturated rings. The molecule has 1 saturated carbocycles. The van der Waals surface area contributed by atoms with Crippen LogP contribution in [0.15, 0.2) is 29.2 Å². The lowest BCUT2D eigenvalue weighted by molar-refractivity contribution is -0.150. The van der Waals surface area contributed by atoms with Gasteiger partial charge in [0, 0.05) is 6.04 Å². The van der Waals surface area contributed by atoms with E-state index < -0.39 is 40.4 Å². The van der Waals surface area contributed by atoms with Gasteiger partial charge in [0.25, 0.3) is 5.91 Å². The Balaban J connectivity index is 1.80. The monoisotopic (exact) mass is 400 g/mol. The second kappa shape index (κ2) is 9.80. The molecule has 1 atom stereocenters. The fourth-order valence-electron chi connectivity index (χ4n) is 2.92. The van der Waals surface area contributed by atoms with Crippen molar-refractivity contribution in [2.24, 2.45) is 0 Å². The predicted molar refractivity (Wildman–Crippen MR) is 96.8 cm³/mol. The van der Waals surface area contributed by atoms with Gasteiger partial charge in [0.1, 0.15) is 11.9 Å². The van der Waals surface area contributed by atoms with Crippen LogP contribution in [-0.2, 0) is 24.3 Å². The molecule has 9 heteroatoms. The van der Waals surface area contributed by atoms with Gasteiger partial charge in [-0.15, -0.1) is 0 Å². The fourth-order valence-corrected chi connectivity index (χ4v) is 4.11. The summed E-state index contributed by atoms with van der Waals surface area (Å²) in [5.74, 6) is -1.83. The normalized spacial score (nSPS) is 17.0. The summed E-state index contributed by atoms with van der Waals surface area (Å²) in [4.78, 5) is 23.7. The number of nitrogens with one attached hydrogen (secondary N) is 2. The van der Waals surface area contributed by atoms with Gasteiger partial charge < -0.3 is 10.1 Å². The standard InChI is InChI=1S/C18H25FN2O5S/c1-13(21-27(24,25)16-10-8-14(19)9-11-16)18(23)26-12-17(22)20-15-6-4-2-3-5-7-15/h8-11,13,15,21H,2-7,12H2,1H3,(H,20,22)/t13-/m0/s1. The Morgan fingerprint density at radius 2 is 1.74 bits per heavy atom. The zero-order valence-corrected chi connectivity index (χ0v) is 16.1. The topological polar surface area (TPSA) is 102 Å². The minimum atomic E-state index is -4.00. The second-order valence-electron chi connectivity index (χ2n) is 6.66. The number of esters is 1. The quantitative estimate of drug-likeness (QED) is 0.537.